The maximum Gasteiger partial charge on any atom is 0.379 e. The van der Waals surface area contributed by atoms with E-state index in [-0.39, 0.29) is 5.56 Å². The van der Waals surface area contributed by atoms with Crippen LogP contribution in [-0.2, 0) is 9.53 Å². The van der Waals surface area contributed by atoms with Crippen LogP contribution in [0.3, 0.4) is 0 Å². The van der Waals surface area contributed by atoms with Gasteiger partial charge in [0.2, 0.25) is 0 Å². The van der Waals surface area contributed by atoms with E-state index >= 15 is 0 Å². The predicted octanol–water partition coefficient (Wildman–Crippen LogP) is 1.53. The van der Waals surface area contributed by atoms with E-state index in [1.807, 2.05) is 0 Å². The number of ether oxygens (including phenoxy) is 2. The Kier molecular flexibility index (Phi) is 2.82. The fourth-order valence-electron chi connectivity index (χ4n) is 1.62. The highest BCUT2D eigenvalue weighted by molar-refractivity contribution is 6.42. The first-order valence-electron chi connectivity index (χ1n) is 4.95. The molecule has 5 nitrogen and oxygen atoms in total. The second kappa shape index (κ2) is 4.29. The van der Waals surface area contributed by atoms with Crippen LogP contribution in [0.2, 0.25) is 0 Å². The summed E-state index contributed by atoms with van der Waals surface area (Å²) >= 11 is 0. The monoisotopic (exact) mass is 233 g/mol. The second-order valence-corrected chi connectivity index (χ2v) is 3.43. The molecule has 0 saturated carbocycles. The van der Waals surface area contributed by atoms with E-state index in [0.29, 0.717) is 11.1 Å². The standard InChI is InChI=1S/C12H11NO4/c1-16-7-3-4-10-8(5-7)9(6-13-10)11(14)12(15)17-2/h3-6,13H,1-2H3. The molecule has 1 aromatic carbocycles. The molecule has 1 aromatic heterocycles. The van der Waals surface area contributed by atoms with E-state index in [1.165, 1.54) is 20.4 Å². The van der Waals surface area contributed by atoms with Gasteiger partial charge in [0.25, 0.3) is 5.78 Å². The van der Waals surface area contributed by atoms with Crippen molar-refractivity contribution in [3.05, 3.63) is 30.0 Å². The van der Waals surface area contributed by atoms with Crippen LogP contribution in [0, 0.1) is 0 Å². The lowest BCUT2D eigenvalue weighted by molar-refractivity contribution is -0.135. The van der Waals surface area contributed by atoms with Crippen LogP contribution in [0.15, 0.2) is 24.4 Å². The number of esters is 1. The van der Waals surface area contributed by atoms with Gasteiger partial charge >= 0.3 is 5.97 Å². The molecule has 0 spiro atoms. The number of nitrogens with one attached hydrogen (secondary N) is 1. The number of hydrogen-bond donors (Lipinski definition) is 1. The molecule has 2 rings (SSSR count). The molecule has 2 aromatic rings. The van der Waals surface area contributed by atoms with Crippen LogP contribution >= 0.6 is 0 Å². The average molecular weight is 233 g/mol. The van der Waals surface area contributed by atoms with E-state index in [1.54, 1.807) is 18.2 Å². The lowest BCUT2D eigenvalue weighted by atomic mass is 10.1. The zero-order valence-electron chi connectivity index (χ0n) is 9.44. The Bertz CT molecular complexity index is 585. The topological polar surface area (TPSA) is 68.4 Å². The summed E-state index contributed by atoms with van der Waals surface area (Å²) in [6, 6.07) is 5.25. The average Bonchev–Trinajstić information content (AvgIpc) is 2.79. The Morgan fingerprint density at radius 1 is 1.24 bits per heavy atom. The Labute approximate surface area is 97.3 Å². The molecule has 0 aliphatic rings. The highest BCUT2D eigenvalue weighted by atomic mass is 16.5. The van der Waals surface area contributed by atoms with Crippen LogP contribution in [0.4, 0.5) is 0 Å². The summed E-state index contributed by atoms with van der Waals surface area (Å²) in [6.07, 6.45) is 1.49. The first-order chi connectivity index (χ1) is 8.17. The molecule has 1 heterocycles. The third kappa shape index (κ3) is 1.87. The van der Waals surface area contributed by atoms with Gasteiger partial charge in [0, 0.05) is 17.1 Å². The summed E-state index contributed by atoms with van der Waals surface area (Å²) in [5.41, 5.74) is 1.05. The van der Waals surface area contributed by atoms with Crippen LogP contribution in [0.25, 0.3) is 10.9 Å². The molecule has 0 unspecified atom stereocenters. The number of H-pyrrole nitrogens is 1. The van der Waals surface area contributed by atoms with Crippen molar-refractivity contribution >= 4 is 22.7 Å². The van der Waals surface area contributed by atoms with Gasteiger partial charge in [-0.1, -0.05) is 0 Å². The first-order valence-corrected chi connectivity index (χ1v) is 4.95. The molecule has 88 valence electrons. The zero-order chi connectivity index (χ0) is 12.4. The van der Waals surface area contributed by atoms with Gasteiger partial charge in [-0.2, -0.15) is 0 Å². The minimum atomic E-state index is -0.881. The normalized spacial score (nSPS) is 10.2. The number of aromatic amines is 1. The fourth-order valence-corrected chi connectivity index (χ4v) is 1.62. The van der Waals surface area contributed by atoms with Crippen molar-refractivity contribution in [2.45, 2.75) is 0 Å². The number of methoxy groups -OCH3 is 2. The molecule has 5 heteroatoms. The Morgan fingerprint density at radius 3 is 2.65 bits per heavy atom. The van der Waals surface area contributed by atoms with E-state index in [0.717, 1.165) is 5.52 Å². The molecule has 0 fully saturated rings. The van der Waals surface area contributed by atoms with E-state index in [9.17, 15) is 9.59 Å². The van der Waals surface area contributed by atoms with Crippen LogP contribution < -0.4 is 4.74 Å². The van der Waals surface area contributed by atoms with E-state index in [2.05, 4.69) is 9.72 Å². The third-order valence-electron chi connectivity index (χ3n) is 2.50. The molecule has 17 heavy (non-hydrogen) atoms. The van der Waals surface area contributed by atoms with Crippen molar-refractivity contribution in [1.29, 1.82) is 0 Å². The minimum absolute atomic E-state index is 0.283. The largest absolute Gasteiger partial charge is 0.497 e. The number of carbonyl (C=O) groups is 2. The fraction of sp³-hybridized carbons (Fsp3) is 0.167. The Morgan fingerprint density at radius 2 is 2.00 bits per heavy atom. The van der Waals surface area contributed by atoms with Crippen LogP contribution in [0.1, 0.15) is 10.4 Å². The summed E-state index contributed by atoms with van der Waals surface area (Å²) in [6.45, 7) is 0. The SMILES string of the molecule is COC(=O)C(=O)c1c[nH]c2ccc(OC)cc12. The molecule has 1 N–H and O–H groups in total. The number of benzene rings is 1. The van der Waals surface area contributed by atoms with Crippen molar-refractivity contribution in [3.63, 3.8) is 0 Å². The molecule has 0 amide bonds. The van der Waals surface area contributed by atoms with E-state index in [4.69, 9.17) is 4.74 Å². The molecule has 0 radical (unpaired) electrons. The maximum atomic E-state index is 11.7. The van der Waals surface area contributed by atoms with Gasteiger partial charge in [-0.25, -0.2) is 4.79 Å². The third-order valence-corrected chi connectivity index (χ3v) is 2.50. The molecule has 0 atom stereocenters. The molecule has 0 bridgehead atoms. The highest BCUT2D eigenvalue weighted by Gasteiger charge is 2.20. The lowest BCUT2D eigenvalue weighted by Gasteiger charge is -2.00. The van der Waals surface area contributed by atoms with Gasteiger partial charge in [-0.05, 0) is 18.2 Å². The number of ketones is 1. The minimum Gasteiger partial charge on any atom is -0.497 e. The summed E-state index contributed by atoms with van der Waals surface area (Å²) < 4.78 is 9.48. The van der Waals surface area contributed by atoms with Crippen LogP contribution in [-0.4, -0.2) is 31.0 Å². The van der Waals surface area contributed by atoms with Crippen molar-refractivity contribution in [3.8, 4) is 5.75 Å². The highest BCUT2D eigenvalue weighted by Crippen LogP contribution is 2.24. The maximum absolute atomic E-state index is 11.7. The summed E-state index contributed by atoms with van der Waals surface area (Å²) in [4.78, 5) is 25.8. The molecule has 0 saturated heterocycles. The summed E-state index contributed by atoms with van der Waals surface area (Å²) in [7, 11) is 2.71. The van der Waals surface area contributed by atoms with Crippen molar-refractivity contribution in [2.75, 3.05) is 14.2 Å². The quantitative estimate of drug-likeness (QED) is 0.496. The molecular weight excluding hydrogens is 222 g/mol. The Balaban J connectivity index is 2.54. The first kappa shape index (κ1) is 11.2. The van der Waals surface area contributed by atoms with E-state index < -0.39 is 11.8 Å². The second-order valence-electron chi connectivity index (χ2n) is 3.43. The molecular formula is C12H11NO4. The Hall–Kier alpha value is -2.30. The molecule has 0 aliphatic heterocycles. The van der Waals surface area contributed by atoms with Gasteiger partial charge in [-0.15, -0.1) is 0 Å². The zero-order valence-corrected chi connectivity index (χ0v) is 9.44. The van der Waals surface area contributed by atoms with Gasteiger partial charge in [0.1, 0.15) is 5.75 Å². The van der Waals surface area contributed by atoms with Gasteiger partial charge in [0.15, 0.2) is 0 Å². The predicted molar refractivity (Wildman–Crippen MR) is 61.2 cm³/mol. The summed E-state index contributed by atoms with van der Waals surface area (Å²) in [5, 5.41) is 0.639. The summed E-state index contributed by atoms with van der Waals surface area (Å²) in [5.74, 6) is -0.934. The number of hydrogen-bond acceptors (Lipinski definition) is 4. The number of carbonyl (C=O) groups excluding carboxylic acids is 2. The molecule has 0 aliphatic carbocycles. The smallest absolute Gasteiger partial charge is 0.379 e. The number of aromatic nitrogens is 1. The van der Waals surface area contributed by atoms with Crippen molar-refractivity contribution in [2.24, 2.45) is 0 Å². The number of fused-ring (bicyclic) bond motifs is 1. The van der Waals surface area contributed by atoms with Gasteiger partial charge in [0.05, 0.1) is 19.8 Å². The van der Waals surface area contributed by atoms with Crippen molar-refractivity contribution in [1.82, 2.24) is 4.98 Å². The lowest BCUT2D eigenvalue weighted by Crippen LogP contribution is -2.15. The van der Waals surface area contributed by atoms with Gasteiger partial charge in [-0.3, -0.25) is 4.79 Å². The number of Topliss-reactive ketones (excluding diaryl/α,β-unsaturated/α-hetero) is 1. The van der Waals surface area contributed by atoms with Gasteiger partial charge < -0.3 is 14.5 Å². The van der Waals surface area contributed by atoms with Crippen LogP contribution in [0.5, 0.6) is 5.75 Å². The number of rotatable bonds is 3. The van der Waals surface area contributed by atoms with Crippen molar-refractivity contribution < 1.29 is 19.1 Å².